The van der Waals surface area contributed by atoms with Gasteiger partial charge in [0, 0.05) is 32.2 Å². The van der Waals surface area contributed by atoms with Gasteiger partial charge in [-0.1, -0.05) is 18.3 Å². The SMILES string of the molecule is CCCNc1nnc(C(=O)N2CCN3CCCC3C2)s1. The Hall–Kier alpha value is -1.21. The molecule has 0 aromatic carbocycles. The van der Waals surface area contributed by atoms with Gasteiger partial charge in [0.25, 0.3) is 5.91 Å². The van der Waals surface area contributed by atoms with Gasteiger partial charge in [-0.05, 0) is 25.8 Å². The van der Waals surface area contributed by atoms with E-state index in [1.165, 1.54) is 30.7 Å². The summed E-state index contributed by atoms with van der Waals surface area (Å²) in [7, 11) is 0. The van der Waals surface area contributed by atoms with Crippen molar-refractivity contribution in [3.8, 4) is 0 Å². The van der Waals surface area contributed by atoms with Crippen molar-refractivity contribution < 1.29 is 4.79 Å². The Morgan fingerprint density at radius 2 is 2.30 bits per heavy atom. The van der Waals surface area contributed by atoms with Crippen molar-refractivity contribution in [1.82, 2.24) is 20.0 Å². The number of hydrogen-bond donors (Lipinski definition) is 1. The van der Waals surface area contributed by atoms with Gasteiger partial charge in [0.1, 0.15) is 0 Å². The fraction of sp³-hybridized carbons (Fsp3) is 0.769. The normalized spacial score (nSPS) is 22.9. The lowest BCUT2D eigenvalue weighted by molar-refractivity contribution is 0.0570. The van der Waals surface area contributed by atoms with E-state index in [0.717, 1.165) is 37.7 Å². The third kappa shape index (κ3) is 2.78. The molecule has 2 aliphatic rings. The lowest BCUT2D eigenvalue weighted by atomic mass is 10.1. The molecule has 3 heterocycles. The van der Waals surface area contributed by atoms with Gasteiger partial charge in [-0.15, -0.1) is 10.2 Å². The first-order chi connectivity index (χ1) is 9.78. The molecule has 1 aromatic heterocycles. The van der Waals surface area contributed by atoms with E-state index >= 15 is 0 Å². The highest BCUT2D eigenvalue weighted by Crippen LogP contribution is 2.24. The van der Waals surface area contributed by atoms with Gasteiger partial charge in [-0.25, -0.2) is 0 Å². The number of nitrogens with one attached hydrogen (secondary N) is 1. The first-order valence-electron chi connectivity index (χ1n) is 7.38. The number of carbonyl (C=O) groups is 1. The second-order valence-electron chi connectivity index (χ2n) is 5.42. The number of amides is 1. The molecule has 1 amide bonds. The minimum absolute atomic E-state index is 0.0404. The van der Waals surface area contributed by atoms with E-state index in [9.17, 15) is 4.79 Å². The number of nitrogens with zero attached hydrogens (tertiary/aromatic N) is 4. The maximum Gasteiger partial charge on any atom is 0.285 e. The highest BCUT2D eigenvalue weighted by Gasteiger charge is 2.33. The Bertz CT molecular complexity index is 477. The second-order valence-corrected chi connectivity index (χ2v) is 6.40. The first-order valence-corrected chi connectivity index (χ1v) is 8.20. The van der Waals surface area contributed by atoms with Gasteiger partial charge < -0.3 is 10.2 Å². The Morgan fingerprint density at radius 3 is 3.15 bits per heavy atom. The van der Waals surface area contributed by atoms with Crippen molar-refractivity contribution in [2.45, 2.75) is 32.2 Å². The quantitative estimate of drug-likeness (QED) is 0.906. The minimum Gasteiger partial charge on any atom is -0.360 e. The Balaban J connectivity index is 1.62. The number of rotatable bonds is 4. The van der Waals surface area contributed by atoms with Gasteiger partial charge in [0.15, 0.2) is 0 Å². The molecule has 7 heteroatoms. The summed E-state index contributed by atoms with van der Waals surface area (Å²) in [5.41, 5.74) is 0. The number of hydrogen-bond acceptors (Lipinski definition) is 6. The average Bonchev–Trinajstić information content (AvgIpc) is 3.12. The van der Waals surface area contributed by atoms with E-state index in [0.29, 0.717) is 11.0 Å². The molecular formula is C13H21N5OS. The molecular weight excluding hydrogens is 274 g/mol. The Morgan fingerprint density at radius 1 is 1.40 bits per heavy atom. The standard InChI is InChI=1S/C13H21N5OS/c1-2-5-14-13-16-15-11(20-13)12(19)18-8-7-17-6-3-4-10(17)9-18/h10H,2-9H2,1H3,(H,14,16). The van der Waals surface area contributed by atoms with Crippen molar-refractivity contribution in [3.63, 3.8) is 0 Å². The van der Waals surface area contributed by atoms with E-state index < -0.39 is 0 Å². The molecule has 2 saturated heterocycles. The second kappa shape index (κ2) is 6.05. The van der Waals surface area contributed by atoms with Crippen LogP contribution >= 0.6 is 11.3 Å². The summed E-state index contributed by atoms with van der Waals surface area (Å²) < 4.78 is 0. The number of piperazine rings is 1. The predicted octanol–water partition coefficient (Wildman–Crippen LogP) is 1.28. The van der Waals surface area contributed by atoms with Crippen LogP contribution in [0.25, 0.3) is 0 Å². The summed E-state index contributed by atoms with van der Waals surface area (Å²) in [6, 6.07) is 0.554. The van der Waals surface area contributed by atoms with Crippen molar-refractivity contribution in [2.75, 3.05) is 38.0 Å². The average molecular weight is 295 g/mol. The summed E-state index contributed by atoms with van der Waals surface area (Å²) in [5.74, 6) is 0.0404. The lowest BCUT2D eigenvalue weighted by Crippen LogP contribution is -2.52. The van der Waals surface area contributed by atoms with Gasteiger partial charge in [0.2, 0.25) is 10.1 Å². The van der Waals surface area contributed by atoms with Gasteiger partial charge in [-0.2, -0.15) is 0 Å². The first kappa shape index (κ1) is 13.8. The largest absolute Gasteiger partial charge is 0.360 e. The van der Waals surface area contributed by atoms with Crippen LogP contribution in [-0.4, -0.2) is 64.7 Å². The molecule has 0 saturated carbocycles. The number of fused-ring (bicyclic) bond motifs is 1. The van der Waals surface area contributed by atoms with Gasteiger partial charge >= 0.3 is 0 Å². The minimum atomic E-state index is 0.0404. The molecule has 0 aliphatic carbocycles. The molecule has 1 atom stereocenters. The van der Waals surface area contributed by atoms with Crippen LogP contribution in [0.3, 0.4) is 0 Å². The molecule has 0 bridgehead atoms. The summed E-state index contributed by atoms with van der Waals surface area (Å²) >= 11 is 1.36. The maximum atomic E-state index is 12.5. The molecule has 2 fully saturated rings. The van der Waals surface area contributed by atoms with Crippen LogP contribution in [-0.2, 0) is 0 Å². The topological polar surface area (TPSA) is 61.4 Å². The van der Waals surface area contributed by atoms with Crippen LogP contribution in [0.15, 0.2) is 0 Å². The molecule has 1 aromatic rings. The molecule has 1 unspecified atom stereocenters. The van der Waals surface area contributed by atoms with Crippen molar-refractivity contribution in [1.29, 1.82) is 0 Å². The lowest BCUT2D eigenvalue weighted by Gasteiger charge is -2.36. The number of aromatic nitrogens is 2. The third-order valence-corrected chi connectivity index (χ3v) is 4.88. The number of anilines is 1. The van der Waals surface area contributed by atoms with Crippen LogP contribution in [0, 0.1) is 0 Å². The fourth-order valence-corrected chi connectivity index (χ4v) is 3.66. The Labute approximate surface area is 123 Å². The molecule has 1 N–H and O–H groups in total. The van der Waals surface area contributed by atoms with E-state index in [-0.39, 0.29) is 5.91 Å². The predicted molar refractivity (Wildman–Crippen MR) is 79.2 cm³/mol. The smallest absolute Gasteiger partial charge is 0.285 e. The van der Waals surface area contributed by atoms with Crippen LogP contribution in [0.5, 0.6) is 0 Å². The zero-order valence-electron chi connectivity index (χ0n) is 11.8. The zero-order chi connectivity index (χ0) is 13.9. The van der Waals surface area contributed by atoms with Gasteiger partial charge in [-0.3, -0.25) is 9.69 Å². The monoisotopic (exact) mass is 295 g/mol. The van der Waals surface area contributed by atoms with Crippen LogP contribution < -0.4 is 5.32 Å². The molecule has 3 rings (SSSR count). The van der Waals surface area contributed by atoms with Crippen molar-refractivity contribution in [3.05, 3.63) is 5.01 Å². The van der Waals surface area contributed by atoms with E-state index in [4.69, 9.17) is 0 Å². The highest BCUT2D eigenvalue weighted by atomic mass is 32.1. The summed E-state index contributed by atoms with van der Waals surface area (Å²) in [5, 5.41) is 12.5. The molecule has 0 radical (unpaired) electrons. The molecule has 110 valence electrons. The summed E-state index contributed by atoms with van der Waals surface area (Å²) in [4.78, 5) is 16.9. The van der Waals surface area contributed by atoms with E-state index in [1.807, 2.05) is 4.90 Å². The third-order valence-electron chi connectivity index (χ3n) is 4.01. The van der Waals surface area contributed by atoms with E-state index in [1.54, 1.807) is 0 Å². The van der Waals surface area contributed by atoms with Crippen molar-refractivity contribution in [2.24, 2.45) is 0 Å². The van der Waals surface area contributed by atoms with Gasteiger partial charge in [0.05, 0.1) is 0 Å². The summed E-state index contributed by atoms with van der Waals surface area (Å²) in [6.45, 7) is 6.81. The van der Waals surface area contributed by atoms with Crippen LogP contribution in [0.1, 0.15) is 36.0 Å². The number of carbonyl (C=O) groups excluding carboxylic acids is 1. The molecule has 20 heavy (non-hydrogen) atoms. The fourth-order valence-electron chi connectivity index (χ4n) is 2.92. The highest BCUT2D eigenvalue weighted by molar-refractivity contribution is 7.17. The maximum absolute atomic E-state index is 12.5. The molecule has 2 aliphatic heterocycles. The van der Waals surface area contributed by atoms with Crippen molar-refractivity contribution >= 4 is 22.4 Å². The molecule has 6 nitrogen and oxygen atoms in total. The Kier molecular flexibility index (Phi) is 4.16. The van der Waals surface area contributed by atoms with E-state index in [2.05, 4.69) is 27.3 Å². The zero-order valence-corrected chi connectivity index (χ0v) is 12.7. The van der Waals surface area contributed by atoms with Crippen LogP contribution in [0.2, 0.25) is 0 Å². The summed E-state index contributed by atoms with van der Waals surface area (Å²) in [6.07, 6.45) is 3.51. The molecule has 0 spiro atoms. The van der Waals surface area contributed by atoms with Crippen LogP contribution in [0.4, 0.5) is 5.13 Å².